The molecule has 1 atom stereocenters. The minimum absolute atomic E-state index is 0.000229. The van der Waals surface area contributed by atoms with Crippen LogP contribution in [-0.4, -0.2) is 42.6 Å². The summed E-state index contributed by atoms with van der Waals surface area (Å²) in [5.41, 5.74) is 8.55. The number of nitrogens with two attached hydrogens (primary N) is 1. The van der Waals surface area contributed by atoms with Crippen LogP contribution in [0.25, 0.3) is 0 Å². The van der Waals surface area contributed by atoms with Crippen LogP contribution in [0.3, 0.4) is 0 Å². The van der Waals surface area contributed by atoms with Gasteiger partial charge in [0.05, 0.1) is 24.9 Å². The number of carbonyl (C=O) groups excluding carboxylic acids is 1. The lowest BCUT2D eigenvalue weighted by atomic mass is 10.1. The number of aliphatic hydroxyl groups is 1. The molecule has 0 amide bonds. The maximum Gasteiger partial charge on any atom is 0.338 e. The Morgan fingerprint density at radius 1 is 1.13 bits per heavy atom. The standard InChI is InChI=1S/C24H33NO5/c1-5-28-21(16-26)14-17-6-10-20(11-7-17)29-13-12-18-8-9-19(15-22(18)25)23(27)30-24(2,3)4/h6-11,15,21,26H,5,12-14,16,25H2,1-4H3. The van der Waals surface area contributed by atoms with Gasteiger partial charge < -0.3 is 25.1 Å². The number of rotatable bonds is 10. The summed E-state index contributed by atoms with van der Waals surface area (Å²) in [6, 6.07) is 13.0. The van der Waals surface area contributed by atoms with Crippen molar-refractivity contribution in [3.8, 4) is 5.75 Å². The Morgan fingerprint density at radius 2 is 1.83 bits per heavy atom. The zero-order valence-electron chi connectivity index (χ0n) is 18.3. The van der Waals surface area contributed by atoms with Crippen molar-refractivity contribution >= 4 is 11.7 Å². The third-order valence-electron chi connectivity index (χ3n) is 4.41. The molecule has 6 heteroatoms. The van der Waals surface area contributed by atoms with E-state index in [9.17, 15) is 9.90 Å². The van der Waals surface area contributed by atoms with Gasteiger partial charge in [0.1, 0.15) is 11.4 Å². The molecule has 2 aromatic rings. The van der Waals surface area contributed by atoms with Gasteiger partial charge in [-0.1, -0.05) is 18.2 Å². The Kier molecular flexibility index (Phi) is 8.69. The highest BCUT2D eigenvalue weighted by Gasteiger charge is 2.18. The third kappa shape index (κ3) is 7.69. The first-order valence-electron chi connectivity index (χ1n) is 10.3. The van der Waals surface area contributed by atoms with Gasteiger partial charge in [-0.2, -0.15) is 0 Å². The summed E-state index contributed by atoms with van der Waals surface area (Å²) in [6.45, 7) is 8.45. The first-order valence-corrected chi connectivity index (χ1v) is 10.3. The molecule has 0 spiro atoms. The van der Waals surface area contributed by atoms with Crippen LogP contribution in [0.1, 0.15) is 49.2 Å². The van der Waals surface area contributed by atoms with Crippen LogP contribution in [0.5, 0.6) is 5.75 Å². The normalized spacial score (nSPS) is 12.4. The lowest BCUT2D eigenvalue weighted by Gasteiger charge is -2.19. The molecule has 0 bridgehead atoms. The second kappa shape index (κ2) is 11.0. The molecular formula is C24H33NO5. The maximum absolute atomic E-state index is 12.1. The van der Waals surface area contributed by atoms with Crippen molar-refractivity contribution in [2.24, 2.45) is 0 Å². The van der Waals surface area contributed by atoms with Gasteiger partial charge in [0, 0.05) is 25.1 Å². The summed E-state index contributed by atoms with van der Waals surface area (Å²) in [5.74, 6) is 0.379. The van der Waals surface area contributed by atoms with Crippen molar-refractivity contribution in [3.63, 3.8) is 0 Å². The van der Waals surface area contributed by atoms with E-state index in [2.05, 4.69) is 0 Å². The van der Waals surface area contributed by atoms with Crippen molar-refractivity contribution in [1.82, 2.24) is 0 Å². The molecule has 0 saturated carbocycles. The predicted octanol–water partition coefficient (Wildman–Crippen LogP) is 3.79. The van der Waals surface area contributed by atoms with Crippen LogP contribution in [0, 0.1) is 0 Å². The van der Waals surface area contributed by atoms with Crippen LogP contribution >= 0.6 is 0 Å². The highest BCUT2D eigenvalue weighted by Crippen LogP contribution is 2.19. The lowest BCUT2D eigenvalue weighted by molar-refractivity contribution is 0.00695. The lowest BCUT2D eigenvalue weighted by Crippen LogP contribution is -2.24. The summed E-state index contributed by atoms with van der Waals surface area (Å²) in [6.07, 6.45) is 1.10. The minimum atomic E-state index is -0.546. The first-order chi connectivity index (χ1) is 14.2. The van der Waals surface area contributed by atoms with Gasteiger partial charge in [-0.3, -0.25) is 0 Å². The molecule has 0 fully saturated rings. The number of nitrogen functional groups attached to an aromatic ring is 1. The van der Waals surface area contributed by atoms with Crippen LogP contribution in [0.4, 0.5) is 5.69 Å². The Morgan fingerprint density at radius 3 is 2.40 bits per heavy atom. The molecule has 0 heterocycles. The van der Waals surface area contributed by atoms with E-state index in [-0.39, 0.29) is 18.7 Å². The third-order valence-corrected chi connectivity index (χ3v) is 4.41. The fourth-order valence-electron chi connectivity index (χ4n) is 2.96. The summed E-state index contributed by atoms with van der Waals surface area (Å²) < 4.78 is 16.7. The van der Waals surface area contributed by atoms with Gasteiger partial charge in [-0.15, -0.1) is 0 Å². The molecule has 2 rings (SSSR count). The number of hydrogen-bond donors (Lipinski definition) is 2. The topological polar surface area (TPSA) is 91.0 Å². The Balaban J connectivity index is 1.87. The summed E-state index contributed by atoms with van der Waals surface area (Å²) in [5, 5.41) is 9.33. The Bertz CT molecular complexity index is 811. The van der Waals surface area contributed by atoms with Gasteiger partial charge >= 0.3 is 5.97 Å². The predicted molar refractivity (Wildman–Crippen MR) is 118 cm³/mol. The molecule has 0 aliphatic heterocycles. The van der Waals surface area contributed by atoms with E-state index >= 15 is 0 Å². The number of hydrogen-bond acceptors (Lipinski definition) is 6. The van der Waals surface area contributed by atoms with E-state index in [0.29, 0.717) is 37.3 Å². The minimum Gasteiger partial charge on any atom is -0.493 e. The summed E-state index contributed by atoms with van der Waals surface area (Å²) in [4.78, 5) is 12.1. The van der Waals surface area contributed by atoms with Gasteiger partial charge in [-0.05, 0) is 63.1 Å². The number of aliphatic hydroxyl groups excluding tert-OH is 1. The van der Waals surface area contributed by atoms with E-state index < -0.39 is 5.60 Å². The fraction of sp³-hybridized carbons (Fsp3) is 0.458. The number of carbonyl (C=O) groups is 1. The molecular weight excluding hydrogens is 382 g/mol. The summed E-state index contributed by atoms with van der Waals surface area (Å²) >= 11 is 0. The van der Waals surface area contributed by atoms with E-state index in [4.69, 9.17) is 19.9 Å². The van der Waals surface area contributed by atoms with Crippen molar-refractivity contribution in [2.45, 2.75) is 52.2 Å². The van der Waals surface area contributed by atoms with E-state index in [1.165, 1.54) is 0 Å². The monoisotopic (exact) mass is 415 g/mol. The highest BCUT2D eigenvalue weighted by molar-refractivity contribution is 5.91. The van der Waals surface area contributed by atoms with Crippen LogP contribution in [0.15, 0.2) is 42.5 Å². The number of benzene rings is 2. The molecule has 0 aromatic heterocycles. The molecule has 6 nitrogen and oxygen atoms in total. The first kappa shape index (κ1) is 23.7. The van der Waals surface area contributed by atoms with E-state index in [1.54, 1.807) is 12.1 Å². The second-order valence-corrected chi connectivity index (χ2v) is 8.12. The smallest absolute Gasteiger partial charge is 0.338 e. The van der Waals surface area contributed by atoms with Crippen molar-refractivity contribution in [3.05, 3.63) is 59.2 Å². The van der Waals surface area contributed by atoms with Crippen molar-refractivity contribution in [1.29, 1.82) is 0 Å². The van der Waals surface area contributed by atoms with Crippen LogP contribution in [-0.2, 0) is 22.3 Å². The average Bonchev–Trinajstić information content (AvgIpc) is 2.68. The molecule has 3 N–H and O–H groups in total. The van der Waals surface area contributed by atoms with Crippen LogP contribution in [0.2, 0.25) is 0 Å². The molecule has 2 aromatic carbocycles. The zero-order valence-corrected chi connectivity index (χ0v) is 18.3. The quantitative estimate of drug-likeness (QED) is 0.453. The second-order valence-electron chi connectivity index (χ2n) is 8.12. The zero-order chi connectivity index (χ0) is 22.1. The molecule has 0 aliphatic rings. The van der Waals surface area contributed by atoms with Gasteiger partial charge in [0.25, 0.3) is 0 Å². The fourth-order valence-corrected chi connectivity index (χ4v) is 2.96. The number of anilines is 1. The van der Waals surface area contributed by atoms with Crippen molar-refractivity contribution < 1.29 is 24.1 Å². The van der Waals surface area contributed by atoms with Gasteiger partial charge in [-0.25, -0.2) is 4.79 Å². The molecule has 1 unspecified atom stereocenters. The number of ether oxygens (including phenoxy) is 3. The van der Waals surface area contributed by atoms with Crippen LogP contribution < -0.4 is 10.5 Å². The molecule has 30 heavy (non-hydrogen) atoms. The average molecular weight is 416 g/mol. The van der Waals surface area contributed by atoms with E-state index in [1.807, 2.05) is 58.0 Å². The largest absolute Gasteiger partial charge is 0.493 e. The molecule has 164 valence electrons. The highest BCUT2D eigenvalue weighted by atomic mass is 16.6. The summed E-state index contributed by atoms with van der Waals surface area (Å²) in [7, 11) is 0. The van der Waals surface area contributed by atoms with Crippen molar-refractivity contribution in [2.75, 3.05) is 25.6 Å². The maximum atomic E-state index is 12.1. The SMILES string of the molecule is CCOC(CO)Cc1ccc(OCCc2ccc(C(=O)OC(C)(C)C)cc2N)cc1. The molecule has 0 radical (unpaired) electrons. The Labute approximate surface area is 179 Å². The molecule has 0 saturated heterocycles. The Hall–Kier alpha value is -2.57. The number of esters is 1. The molecule has 0 aliphatic carbocycles. The van der Waals surface area contributed by atoms with Gasteiger partial charge in [0.2, 0.25) is 0 Å². The van der Waals surface area contributed by atoms with E-state index in [0.717, 1.165) is 16.9 Å². The van der Waals surface area contributed by atoms with Gasteiger partial charge in [0.15, 0.2) is 0 Å².